The molecule has 4 aromatic rings. The number of aromatic nitrogens is 3. The van der Waals surface area contributed by atoms with E-state index in [9.17, 15) is 5.11 Å². The maximum Gasteiger partial charge on any atom is 0.228 e. The summed E-state index contributed by atoms with van der Waals surface area (Å²) < 4.78 is 6.58. The van der Waals surface area contributed by atoms with E-state index in [0.717, 1.165) is 85.0 Å². The predicted octanol–water partition coefficient (Wildman–Crippen LogP) is 5.66. The van der Waals surface area contributed by atoms with Crippen molar-refractivity contribution in [1.82, 2.24) is 20.3 Å². The molecule has 2 aromatic heterocycles. The summed E-state index contributed by atoms with van der Waals surface area (Å²) >= 11 is 0. The molecule has 0 amide bonds. The third-order valence-corrected chi connectivity index (χ3v) is 7.71. The van der Waals surface area contributed by atoms with E-state index >= 15 is 0 Å². The normalized spacial score (nSPS) is 18.3. The molecule has 7 heteroatoms. The van der Waals surface area contributed by atoms with Crippen LogP contribution >= 0.6 is 0 Å². The second kappa shape index (κ2) is 11.1. The molecule has 2 aliphatic rings. The van der Waals surface area contributed by atoms with Crippen molar-refractivity contribution in [3.63, 3.8) is 0 Å². The molecule has 0 unspecified atom stereocenters. The Morgan fingerprint density at radius 3 is 2.79 bits per heavy atom. The van der Waals surface area contributed by atoms with E-state index in [0.29, 0.717) is 23.8 Å². The molecular weight excluding hydrogens is 474 g/mol. The van der Waals surface area contributed by atoms with Gasteiger partial charge in [-0.25, -0.2) is 15.0 Å². The molecular formula is C31H35N5O2. The Morgan fingerprint density at radius 2 is 1.95 bits per heavy atom. The minimum atomic E-state index is -0.205. The van der Waals surface area contributed by atoms with Crippen molar-refractivity contribution in [2.75, 3.05) is 18.4 Å². The summed E-state index contributed by atoms with van der Waals surface area (Å²) in [7, 11) is 0. The van der Waals surface area contributed by atoms with Crippen molar-refractivity contribution in [3.8, 4) is 22.9 Å². The summed E-state index contributed by atoms with van der Waals surface area (Å²) in [6.45, 7) is 4.04. The Bertz CT molecular complexity index is 1410. The van der Waals surface area contributed by atoms with Crippen LogP contribution in [0.5, 0.6) is 11.6 Å². The summed E-state index contributed by atoms with van der Waals surface area (Å²) in [6.07, 6.45) is 9.52. The summed E-state index contributed by atoms with van der Waals surface area (Å²) in [4.78, 5) is 13.9. The van der Waals surface area contributed by atoms with Crippen LogP contribution in [-0.2, 0) is 6.42 Å². The Hall–Kier alpha value is -3.55. The lowest BCUT2D eigenvalue weighted by Crippen LogP contribution is -2.38. The number of piperidine rings is 1. The van der Waals surface area contributed by atoms with Crippen molar-refractivity contribution in [2.45, 2.75) is 57.6 Å². The summed E-state index contributed by atoms with van der Waals surface area (Å²) in [6, 6.07) is 16.7. The van der Waals surface area contributed by atoms with Crippen LogP contribution in [0.3, 0.4) is 0 Å². The minimum Gasteiger partial charge on any atom is -0.437 e. The van der Waals surface area contributed by atoms with Gasteiger partial charge in [-0.1, -0.05) is 30.3 Å². The fraction of sp³-hybridized carbons (Fsp3) is 0.387. The van der Waals surface area contributed by atoms with Gasteiger partial charge in [0.05, 0.1) is 17.4 Å². The zero-order chi connectivity index (χ0) is 25.9. The molecule has 1 aliphatic carbocycles. The average molecular weight is 510 g/mol. The Balaban J connectivity index is 1.29. The quantitative estimate of drug-likeness (QED) is 0.268. The van der Waals surface area contributed by atoms with Crippen LogP contribution in [0, 0.1) is 12.8 Å². The van der Waals surface area contributed by atoms with Crippen LogP contribution in [-0.4, -0.2) is 45.3 Å². The molecule has 38 heavy (non-hydrogen) atoms. The first kappa shape index (κ1) is 24.8. The summed E-state index contributed by atoms with van der Waals surface area (Å²) in [5.41, 5.74) is 3.86. The van der Waals surface area contributed by atoms with Crippen molar-refractivity contribution in [2.24, 2.45) is 5.92 Å². The van der Waals surface area contributed by atoms with Crippen LogP contribution in [0.2, 0.25) is 0 Å². The van der Waals surface area contributed by atoms with Gasteiger partial charge in [-0.15, -0.1) is 0 Å². The highest BCUT2D eigenvalue weighted by Gasteiger charge is 2.29. The number of pyridine rings is 1. The number of aliphatic hydroxyl groups is 1. The lowest BCUT2D eigenvalue weighted by molar-refractivity contribution is 0.142. The summed E-state index contributed by atoms with van der Waals surface area (Å²) in [5, 5.41) is 19.5. The molecule has 0 bridgehead atoms. The van der Waals surface area contributed by atoms with Crippen molar-refractivity contribution in [3.05, 3.63) is 72.1 Å². The van der Waals surface area contributed by atoms with Gasteiger partial charge in [-0.05, 0) is 92.6 Å². The number of benzene rings is 2. The number of ether oxygens (including phenoxy) is 1. The number of aryl methyl sites for hydroxylation is 2. The molecule has 1 aliphatic heterocycles. The third-order valence-electron chi connectivity index (χ3n) is 7.71. The number of anilines is 1. The SMILES string of the molecule is Cc1ccc2c(CC[C@H](O)C3CC3)cccc2c1Oc1ncccc1-c1ccnc(N[C@H]2CCCNC2)n1. The number of fused-ring (bicyclic) bond motifs is 1. The average Bonchev–Trinajstić information content (AvgIpc) is 3.80. The Morgan fingerprint density at radius 1 is 1.03 bits per heavy atom. The van der Waals surface area contributed by atoms with Crippen LogP contribution in [0.4, 0.5) is 5.95 Å². The molecule has 3 N–H and O–H groups in total. The van der Waals surface area contributed by atoms with E-state index in [4.69, 9.17) is 9.72 Å². The highest BCUT2D eigenvalue weighted by Crippen LogP contribution is 2.38. The van der Waals surface area contributed by atoms with Crippen molar-refractivity contribution in [1.29, 1.82) is 0 Å². The van der Waals surface area contributed by atoms with Gasteiger partial charge < -0.3 is 20.5 Å². The highest BCUT2D eigenvalue weighted by atomic mass is 16.5. The van der Waals surface area contributed by atoms with Crippen LogP contribution in [0.25, 0.3) is 22.0 Å². The van der Waals surface area contributed by atoms with Gasteiger partial charge in [-0.2, -0.15) is 0 Å². The number of nitrogens with zero attached hydrogens (tertiary/aromatic N) is 3. The van der Waals surface area contributed by atoms with Crippen LogP contribution in [0.1, 0.15) is 43.2 Å². The first-order chi connectivity index (χ1) is 18.7. The van der Waals surface area contributed by atoms with E-state index in [1.54, 1.807) is 12.4 Å². The Kier molecular flexibility index (Phi) is 7.20. The number of hydrogen-bond acceptors (Lipinski definition) is 7. The van der Waals surface area contributed by atoms with Gasteiger partial charge >= 0.3 is 0 Å². The summed E-state index contributed by atoms with van der Waals surface area (Å²) in [5.74, 6) is 2.42. The van der Waals surface area contributed by atoms with Crippen molar-refractivity contribution < 1.29 is 9.84 Å². The van der Waals surface area contributed by atoms with E-state index in [1.807, 2.05) is 18.2 Å². The zero-order valence-corrected chi connectivity index (χ0v) is 21.9. The standard InChI is InChI=1S/C31H35N5O2/c1-20-9-13-24-21(12-14-28(37)22-10-11-22)5-2-7-25(24)29(20)38-30-26(8-4-17-33-30)27-15-18-34-31(36-27)35-23-6-3-16-32-19-23/h2,4-5,7-9,13,15,17-18,22-23,28,32,37H,3,6,10-12,14,16,19H2,1H3,(H,34,35,36)/t23-,28-/m0/s1. The third kappa shape index (κ3) is 5.49. The van der Waals surface area contributed by atoms with Crippen LogP contribution < -0.4 is 15.4 Å². The van der Waals surface area contributed by atoms with E-state index in [1.165, 1.54) is 5.56 Å². The fourth-order valence-electron chi connectivity index (χ4n) is 5.38. The molecule has 2 aromatic carbocycles. The van der Waals surface area contributed by atoms with E-state index in [-0.39, 0.29) is 6.10 Å². The van der Waals surface area contributed by atoms with Crippen molar-refractivity contribution >= 4 is 16.7 Å². The Labute approximate surface area is 223 Å². The maximum absolute atomic E-state index is 10.4. The van der Waals surface area contributed by atoms with E-state index < -0.39 is 0 Å². The topological polar surface area (TPSA) is 92.2 Å². The number of aliphatic hydroxyl groups excluding tert-OH is 1. The molecule has 196 valence electrons. The van der Waals surface area contributed by atoms with Gasteiger partial charge in [0.25, 0.3) is 0 Å². The number of nitrogens with one attached hydrogen (secondary N) is 2. The maximum atomic E-state index is 10.4. The molecule has 2 fully saturated rings. The largest absolute Gasteiger partial charge is 0.437 e. The van der Waals surface area contributed by atoms with E-state index in [2.05, 4.69) is 57.9 Å². The second-order valence-electron chi connectivity index (χ2n) is 10.6. The molecule has 1 saturated carbocycles. The number of hydrogen-bond donors (Lipinski definition) is 3. The molecule has 6 rings (SSSR count). The molecule has 1 saturated heterocycles. The molecule has 0 spiro atoms. The first-order valence-electron chi connectivity index (χ1n) is 13.8. The second-order valence-corrected chi connectivity index (χ2v) is 10.6. The smallest absolute Gasteiger partial charge is 0.228 e. The minimum absolute atomic E-state index is 0.205. The van der Waals surface area contributed by atoms with Gasteiger partial charge in [0, 0.05) is 30.4 Å². The van der Waals surface area contributed by atoms with Gasteiger partial charge in [0.15, 0.2) is 0 Å². The first-order valence-corrected chi connectivity index (χ1v) is 13.8. The zero-order valence-electron chi connectivity index (χ0n) is 21.9. The highest BCUT2D eigenvalue weighted by molar-refractivity contribution is 5.92. The van der Waals surface area contributed by atoms with Crippen LogP contribution in [0.15, 0.2) is 60.9 Å². The lowest BCUT2D eigenvalue weighted by atomic mass is 9.96. The molecule has 7 nitrogen and oxygen atoms in total. The fourth-order valence-corrected chi connectivity index (χ4v) is 5.38. The monoisotopic (exact) mass is 509 g/mol. The molecule has 0 radical (unpaired) electrons. The molecule has 2 atom stereocenters. The predicted molar refractivity (Wildman–Crippen MR) is 151 cm³/mol. The molecule has 3 heterocycles. The van der Waals surface area contributed by atoms with Gasteiger partial charge in [-0.3, -0.25) is 0 Å². The van der Waals surface area contributed by atoms with Gasteiger partial charge in [0.2, 0.25) is 11.8 Å². The van der Waals surface area contributed by atoms with Gasteiger partial charge in [0.1, 0.15) is 5.75 Å². The number of rotatable bonds is 9. The lowest BCUT2D eigenvalue weighted by Gasteiger charge is -2.23.